The maximum Gasteiger partial charge on any atom is 0.245 e. The van der Waals surface area contributed by atoms with Crippen LogP contribution in [-0.2, 0) is 27.2 Å². The highest BCUT2D eigenvalue weighted by atomic mass is 16.3. The van der Waals surface area contributed by atoms with Gasteiger partial charge in [0, 0.05) is 23.5 Å². The summed E-state index contributed by atoms with van der Waals surface area (Å²) >= 11 is 0. The Hall–Kier alpha value is -3.69. The van der Waals surface area contributed by atoms with E-state index in [1.165, 1.54) is 12.1 Å². The molecular weight excluding hydrogens is 412 g/mol. The molecule has 3 aromatic rings. The van der Waals surface area contributed by atoms with Crippen molar-refractivity contribution >= 4 is 29.0 Å². The molecule has 0 saturated heterocycles. The fourth-order valence-corrected chi connectivity index (χ4v) is 3.37. The zero-order valence-corrected chi connectivity index (χ0v) is 17.2. The van der Waals surface area contributed by atoms with E-state index in [0.29, 0.717) is 5.56 Å². The highest BCUT2D eigenvalue weighted by Crippen LogP contribution is 2.18. The molecule has 0 unspecified atom stereocenters. The number of nitrogens with two attached hydrogens (primary N) is 1. The second kappa shape index (κ2) is 10.6. The average Bonchev–Trinajstić information content (AvgIpc) is 3.20. The summed E-state index contributed by atoms with van der Waals surface area (Å²) in [5.74, 6) is -1.25. The van der Waals surface area contributed by atoms with Crippen LogP contribution in [0.3, 0.4) is 0 Å². The maximum absolute atomic E-state index is 12.5. The summed E-state index contributed by atoms with van der Waals surface area (Å²) in [7, 11) is 0. The number of para-hydroxylation sites is 1. The van der Waals surface area contributed by atoms with Gasteiger partial charge in [0.15, 0.2) is 0 Å². The summed E-state index contributed by atoms with van der Waals surface area (Å²) in [5, 5.41) is 24.7. The van der Waals surface area contributed by atoms with Crippen LogP contribution in [0.2, 0.25) is 0 Å². The number of benzene rings is 2. The molecule has 32 heavy (non-hydrogen) atoms. The fraction of sp³-hybridized carbons (Fsp3) is 0.261. The number of phenols is 1. The van der Waals surface area contributed by atoms with Gasteiger partial charge >= 0.3 is 0 Å². The van der Waals surface area contributed by atoms with Gasteiger partial charge in [-0.25, -0.2) is 0 Å². The highest BCUT2D eigenvalue weighted by Gasteiger charge is 2.26. The lowest BCUT2D eigenvalue weighted by atomic mass is 10.0. The van der Waals surface area contributed by atoms with Crippen molar-refractivity contribution in [2.24, 2.45) is 5.73 Å². The van der Waals surface area contributed by atoms with Crippen LogP contribution in [0.15, 0.2) is 54.7 Å². The number of aromatic amines is 1. The van der Waals surface area contributed by atoms with Crippen molar-refractivity contribution in [3.05, 3.63) is 65.9 Å². The molecule has 0 fully saturated rings. The quantitative estimate of drug-likeness (QED) is 0.263. The smallest absolute Gasteiger partial charge is 0.245 e. The van der Waals surface area contributed by atoms with Crippen molar-refractivity contribution in [1.82, 2.24) is 15.6 Å². The van der Waals surface area contributed by atoms with Gasteiger partial charge in [-0.1, -0.05) is 30.3 Å². The Balaban J connectivity index is 1.57. The standard InChI is InChI=1S/C23H25N4O5/c24-19(10-15-11-25-20-4-2-1-3-18(15)20)22(31)27-21(13-29)23(32)26-16(12-28)9-14-5-7-17(30)8-6-14/h1-8,11,16,19,21,25,29-30H,9-10,13,24H2,(H,26,32)(H,27,31)/t16-,19-,21-/m0/s1. The summed E-state index contributed by atoms with van der Waals surface area (Å²) in [6.45, 7) is -0.665. The first kappa shape index (κ1) is 23.0. The van der Waals surface area contributed by atoms with Gasteiger partial charge < -0.3 is 31.6 Å². The highest BCUT2D eigenvalue weighted by molar-refractivity contribution is 5.91. The maximum atomic E-state index is 12.5. The van der Waals surface area contributed by atoms with Gasteiger partial charge in [0.2, 0.25) is 18.1 Å². The number of hydrogen-bond acceptors (Lipinski definition) is 6. The first-order valence-corrected chi connectivity index (χ1v) is 10.1. The number of aliphatic hydroxyl groups is 1. The Morgan fingerprint density at radius 3 is 2.44 bits per heavy atom. The Labute approximate surface area is 184 Å². The Kier molecular flexibility index (Phi) is 7.58. The molecule has 1 radical (unpaired) electrons. The fourth-order valence-electron chi connectivity index (χ4n) is 3.37. The normalized spacial score (nSPS) is 13.8. The average molecular weight is 437 g/mol. The number of aliphatic hydroxyl groups excluding tert-OH is 1. The minimum atomic E-state index is -1.27. The number of amides is 2. The molecule has 0 aliphatic carbocycles. The van der Waals surface area contributed by atoms with E-state index in [0.717, 1.165) is 16.5 Å². The minimum Gasteiger partial charge on any atom is -0.508 e. The summed E-state index contributed by atoms with van der Waals surface area (Å²) in [5.41, 5.74) is 8.50. The van der Waals surface area contributed by atoms with Gasteiger partial charge in [-0.2, -0.15) is 0 Å². The molecule has 7 N–H and O–H groups in total. The number of carbonyl (C=O) groups is 2. The zero-order valence-electron chi connectivity index (χ0n) is 17.2. The molecule has 0 aliphatic heterocycles. The van der Waals surface area contributed by atoms with Gasteiger partial charge in [0.25, 0.3) is 0 Å². The molecule has 0 spiro atoms. The van der Waals surface area contributed by atoms with E-state index in [9.17, 15) is 24.6 Å². The number of nitrogens with one attached hydrogen (secondary N) is 3. The number of H-pyrrole nitrogens is 1. The summed E-state index contributed by atoms with van der Waals surface area (Å²) in [4.78, 5) is 39.4. The van der Waals surface area contributed by atoms with Crippen LogP contribution in [0.25, 0.3) is 10.9 Å². The molecular formula is C23H25N4O5. The second-order valence-electron chi connectivity index (χ2n) is 7.46. The SMILES string of the molecule is N[C@@H](Cc1c[nH]c2ccccc12)C(=O)N[C@@H](CO)C(=O)N[C@H]([C]=O)Cc1ccc(O)cc1. The van der Waals surface area contributed by atoms with Crippen LogP contribution in [-0.4, -0.2) is 58.0 Å². The molecule has 9 nitrogen and oxygen atoms in total. The largest absolute Gasteiger partial charge is 0.508 e. The molecule has 1 heterocycles. The van der Waals surface area contributed by atoms with Crippen LogP contribution in [0.1, 0.15) is 11.1 Å². The number of rotatable bonds is 10. The van der Waals surface area contributed by atoms with Crippen LogP contribution < -0.4 is 16.4 Å². The van der Waals surface area contributed by atoms with E-state index in [4.69, 9.17) is 5.73 Å². The number of phenolic OH excluding ortho intramolecular Hbond substituents is 1. The number of hydrogen-bond donors (Lipinski definition) is 6. The molecule has 0 saturated carbocycles. The lowest BCUT2D eigenvalue weighted by molar-refractivity contribution is -0.130. The lowest BCUT2D eigenvalue weighted by Gasteiger charge is -2.21. The lowest BCUT2D eigenvalue weighted by Crippen LogP contribution is -2.55. The molecule has 3 atom stereocenters. The van der Waals surface area contributed by atoms with Gasteiger partial charge in [-0.05, 0) is 35.7 Å². The molecule has 9 heteroatoms. The van der Waals surface area contributed by atoms with E-state index in [1.807, 2.05) is 24.3 Å². The Morgan fingerprint density at radius 1 is 1.03 bits per heavy atom. The number of carbonyl (C=O) groups excluding carboxylic acids is 3. The van der Waals surface area contributed by atoms with Gasteiger partial charge in [-0.15, -0.1) is 0 Å². The number of fused-ring (bicyclic) bond motifs is 1. The first-order chi connectivity index (χ1) is 15.4. The van der Waals surface area contributed by atoms with Crippen molar-refractivity contribution in [3.8, 4) is 5.75 Å². The van der Waals surface area contributed by atoms with Gasteiger partial charge in [0.1, 0.15) is 11.8 Å². The third-order valence-corrected chi connectivity index (χ3v) is 5.10. The Morgan fingerprint density at radius 2 is 1.75 bits per heavy atom. The van der Waals surface area contributed by atoms with E-state index in [-0.39, 0.29) is 18.6 Å². The molecule has 2 aromatic carbocycles. The molecule has 0 aliphatic rings. The Bertz CT molecular complexity index is 1080. The number of aromatic nitrogens is 1. The van der Waals surface area contributed by atoms with Crippen molar-refractivity contribution in [2.45, 2.75) is 31.0 Å². The van der Waals surface area contributed by atoms with Crippen molar-refractivity contribution < 1.29 is 24.6 Å². The topological polar surface area (TPSA) is 158 Å². The molecule has 3 rings (SSSR count). The minimum absolute atomic E-state index is 0.0800. The van der Waals surface area contributed by atoms with Gasteiger partial charge in [0.05, 0.1) is 18.7 Å². The monoisotopic (exact) mass is 437 g/mol. The summed E-state index contributed by atoms with van der Waals surface area (Å²) in [6.07, 6.45) is 3.89. The summed E-state index contributed by atoms with van der Waals surface area (Å²) < 4.78 is 0. The molecule has 167 valence electrons. The predicted octanol–water partition coefficient (Wildman–Crippen LogP) is 0.0576. The molecule has 2 amide bonds. The summed E-state index contributed by atoms with van der Waals surface area (Å²) in [6, 6.07) is 10.6. The van der Waals surface area contributed by atoms with Crippen molar-refractivity contribution in [1.29, 1.82) is 0 Å². The van der Waals surface area contributed by atoms with Crippen molar-refractivity contribution in [3.63, 3.8) is 0 Å². The first-order valence-electron chi connectivity index (χ1n) is 10.1. The van der Waals surface area contributed by atoms with Crippen LogP contribution in [0.5, 0.6) is 5.75 Å². The molecule has 0 bridgehead atoms. The predicted molar refractivity (Wildman–Crippen MR) is 118 cm³/mol. The zero-order chi connectivity index (χ0) is 23.1. The van der Waals surface area contributed by atoms with Crippen LogP contribution >= 0.6 is 0 Å². The third kappa shape index (κ3) is 5.71. The van der Waals surface area contributed by atoms with E-state index in [1.54, 1.807) is 24.6 Å². The van der Waals surface area contributed by atoms with E-state index >= 15 is 0 Å². The van der Waals surface area contributed by atoms with E-state index < -0.39 is 36.5 Å². The van der Waals surface area contributed by atoms with Crippen LogP contribution in [0, 0.1) is 0 Å². The molecule has 1 aromatic heterocycles. The second-order valence-corrected chi connectivity index (χ2v) is 7.46. The van der Waals surface area contributed by atoms with Gasteiger partial charge in [-0.3, -0.25) is 14.4 Å². The van der Waals surface area contributed by atoms with Crippen LogP contribution in [0.4, 0.5) is 0 Å². The third-order valence-electron chi connectivity index (χ3n) is 5.10. The number of aromatic hydroxyl groups is 1. The van der Waals surface area contributed by atoms with E-state index in [2.05, 4.69) is 15.6 Å². The van der Waals surface area contributed by atoms with Crippen molar-refractivity contribution in [2.75, 3.05) is 6.61 Å².